The summed E-state index contributed by atoms with van der Waals surface area (Å²) >= 11 is 3.01. The number of rotatable bonds is 2. The Bertz CT molecular complexity index is 598. The van der Waals surface area contributed by atoms with Gasteiger partial charge in [-0.25, -0.2) is 13.6 Å². The third kappa shape index (κ3) is 2.05. The standard InChI is InChI=1S/C10H5BrF2N2O2/c11-7-8(14-15-9(7)10(16)17)5-2-1-4(12)3-6(5)13/h1-3H,(H,14,15)(H,16,17). The van der Waals surface area contributed by atoms with Crippen LogP contribution in [0.1, 0.15) is 10.5 Å². The highest BCUT2D eigenvalue weighted by Crippen LogP contribution is 2.30. The molecule has 88 valence electrons. The van der Waals surface area contributed by atoms with Crippen molar-refractivity contribution >= 4 is 21.9 Å². The molecule has 0 amide bonds. The van der Waals surface area contributed by atoms with Crippen molar-refractivity contribution in [2.45, 2.75) is 0 Å². The molecule has 1 aromatic carbocycles. The van der Waals surface area contributed by atoms with E-state index in [-0.39, 0.29) is 21.4 Å². The summed E-state index contributed by atoms with van der Waals surface area (Å²) in [4.78, 5) is 10.8. The molecule has 0 radical (unpaired) electrons. The number of nitrogens with zero attached hydrogens (tertiary/aromatic N) is 1. The summed E-state index contributed by atoms with van der Waals surface area (Å²) in [7, 11) is 0. The minimum absolute atomic E-state index is 0.0158. The van der Waals surface area contributed by atoms with Gasteiger partial charge in [0.1, 0.15) is 17.3 Å². The van der Waals surface area contributed by atoms with Crippen molar-refractivity contribution < 1.29 is 18.7 Å². The van der Waals surface area contributed by atoms with Gasteiger partial charge in [0.05, 0.1) is 4.47 Å². The predicted molar refractivity (Wildman–Crippen MR) is 58.6 cm³/mol. The molecule has 0 aliphatic rings. The number of carbonyl (C=O) groups is 1. The Kier molecular flexibility index (Phi) is 2.93. The van der Waals surface area contributed by atoms with Crippen molar-refractivity contribution in [2.24, 2.45) is 0 Å². The molecule has 0 atom stereocenters. The molecule has 0 aliphatic carbocycles. The van der Waals surface area contributed by atoms with Crippen molar-refractivity contribution in [3.63, 3.8) is 0 Å². The molecule has 2 rings (SSSR count). The number of hydrogen-bond acceptors (Lipinski definition) is 2. The van der Waals surface area contributed by atoms with Crippen molar-refractivity contribution in [2.75, 3.05) is 0 Å². The Hall–Kier alpha value is -1.76. The Morgan fingerprint density at radius 1 is 1.41 bits per heavy atom. The highest BCUT2D eigenvalue weighted by molar-refractivity contribution is 9.10. The number of carboxylic acids is 1. The second-order valence-electron chi connectivity index (χ2n) is 3.19. The number of hydrogen-bond donors (Lipinski definition) is 2. The number of H-pyrrole nitrogens is 1. The Balaban J connectivity index is 2.57. The van der Waals surface area contributed by atoms with Crippen molar-refractivity contribution in [3.05, 3.63) is 40.0 Å². The number of nitrogens with one attached hydrogen (secondary N) is 1. The van der Waals surface area contributed by atoms with Crippen molar-refractivity contribution in [1.29, 1.82) is 0 Å². The molecule has 7 heteroatoms. The lowest BCUT2D eigenvalue weighted by Crippen LogP contribution is -1.97. The largest absolute Gasteiger partial charge is 0.476 e. The van der Waals surface area contributed by atoms with Gasteiger partial charge in [-0.1, -0.05) is 0 Å². The molecule has 1 aromatic heterocycles. The maximum atomic E-state index is 13.5. The molecule has 0 bridgehead atoms. The van der Waals surface area contributed by atoms with Crippen molar-refractivity contribution in [3.8, 4) is 11.3 Å². The Morgan fingerprint density at radius 3 is 2.65 bits per heavy atom. The van der Waals surface area contributed by atoms with E-state index in [2.05, 4.69) is 26.1 Å². The molecule has 0 saturated heterocycles. The molecule has 0 aliphatic heterocycles. The number of aromatic amines is 1. The molecule has 4 nitrogen and oxygen atoms in total. The van der Waals surface area contributed by atoms with E-state index >= 15 is 0 Å². The normalized spacial score (nSPS) is 10.5. The predicted octanol–water partition coefficient (Wildman–Crippen LogP) is 2.82. The topological polar surface area (TPSA) is 66.0 Å². The van der Waals surface area contributed by atoms with Crippen LogP contribution in [0, 0.1) is 11.6 Å². The summed E-state index contributed by atoms with van der Waals surface area (Å²) in [5.41, 5.74) is -0.0920. The van der Waals surface area contributed by atoms with E-state index in [1.165, 1.54) is 6.07 Å². The average molecular weight is 303 g/mol. The second kappa shape index (κ2) is 4.25. The number of halogens is 3. The van der Waals surface area contributed by atoms with Crippen LogP contribution in [0.4, 0.5) is 8.78 Å². The summed E-state index contributed by atoms with van der Waals surface area (Å²) in [5.74, 6) is -2.75. The molecule has 17 heavy (non-hydrogen) atoms. The molecule has 1 heterocycles. The summed E-state index contributed by atoms with van der Waals surface area (Å²) in [6, 6.07) is 2.97. The summed E-state index contributed by atoms with van der Waals surface area (Å²) < 4.78 is 26.3. The number of benzene rings is 1. The zero-order valence-electron chi connectivity index (χ0n) is 8.17. The summed E-state index contributed by atoms with van der Waals surface area (Å²) in [5, 5.41) is 14.7. The van der Waals surface area contributed by atoms with Crippen LogP contribution >= 0.6 is 15.9 Å². The van der Waals surface area contributed by atoms with Gasteiger partial charge >= 0.3 is 5.97 Å². The van der Waals surface area contributed by atoms with Gasteiger partial charge in [0.15, 0.2) is 5.69 Å². The van der Waals surface area contributed by atoms with Crippen LogP contribution in [0.3, 0.4) is 0 Å². The molecule has 0 fully saturated rings. The zero-order chi connectivity index (χ0) is 12.6. The second-order valence-corrected chi connectivity index (χ2v) is 3.98. The lowest BCUT2D eigenvalue weighted by Gasteiger charge is -2.00. The first-order chi connectivity index (χ1) is 8.00. The van der Waals surface area contributed by atoms with E-state index in [1.807, 2.05) is 0 Å². The lowest BCUT2D eigenvalue weighted by molar-refractivity contribution is 0.0689. The molecule has 0 unspecified atom stereocenters. The highest BCUT2D eigenvalue weighted by atomic mass is 79.9. The van der Waals surface area contributed by atoms with E-state index < -0.39 is 17.6 Å². The third-order valence-corrected chi connectivity index (χ3v) is 2.88. The first kappa shape index (κ1) is 11.7. The fourth-order valence-corrected chi connectivity index (χ4v) is 1.89. The average Bonchev–Trinajstić information content (AvgIpc) is 2.60. The summed E-state index contributed by atoms with van der Waals surface area (Å²) in [6.45, 7) is 0. The van der Waals surface area contributed by atoms with Crippen LogP contribution in [-0.2, 0) is 0 Å². The highest BCUT2D eigenvalue weighted by Gasteiger charge is 2.19. The molecular formula is C10H5BrF2N2O2. The van der Waals surface area contributed by atoms with Gasteiger partial charge in [0, 0.05) is 11.6 Å². The number of aromatic nitrogens is 2. The van der Waals surface area contributed by atoms with Crippen molar-refractivity contribution in [1.82, 2.24) is 10.2 Å². The number of carboxylic acid groups (broad SMARTS) is 1. The molecular weight excluding hydrogens is 298 g/mol. The van der Waals surface area contributed by atoms with Crippen LogP contribution < -0.4 is 0 Å². The van der Waals surface area contributed by atoms with Gasteiger partial charge in [-0.05, 0) is 28.1 Å². The van der Waals surface area contributed by atoms with E-state index in [4.69, 9.17) is 5.11 Å². The molecule has 0 spiro atoms. The Labute approximate surface area is 102 Å². The Morgan fingerprint density at radius 2 is 2.12 bits per heavy atom. The smallest absolute Gasteiger partial charge is 0.355 e. The van der Waals surface area contributed by atoms with Crippen LogP contribution in [-0.4, -0.2) is 21.3 Å². The molecule has 2 N–H and O–H groups in total. The van der Waals surface area contributed by atoms with Gasteiger partial charge < -0.3 is 5.11 Å². The van der Waals surface area contributed by atoms with Gasteiger partial charge in [0.2, 0.25) is 0 Å². The van der Waals surface area contributed by atoms with Crippen LogP contribution in [0.5, 0.6) is 0 Å². The van der Waals surface area contributed by atoms with Gasteiger partial charge in [0.25, 0.3) is 0 Å². The van der Waals surface area contributed by atoms with Crippen LogP contribution in [0.2, 0.25) is 0 Å². The SMILES string of the molecule is O=C(O)c1[nH]nc(-c2ccc(F)cc2F)c1Br. The first-order valence-electron chi connectivity index (χ1n) is 4.43. The van der Waals surface area contributed by atoms with Gasteiger partial charge in [-0.15, -0.1) is 0 Å². The van der Waals surface area contributed by atoms with Crippen LogP contribution in [0.15, 0.2) is 22.7 Å². The zero-order valence-corrected chi connectivity index (χ0v) is 9.75. The quantitative estimate of drug-likeness (QED) is 0.896. The minimum Gasteiger partial charge on any atom is -0.476 e. The van der Waals surface area contributed by atoms with Gasteiger partial charge in [-0.2, -0.15) is 5.10 Å². The lowest BCUT2D eigenvalue weighted by atomic mass is 10.1. The monoisotopic (exact) mass is 302 g/mol. The third-order valence-electron chi connectivity index (χ3n) is 2.11. The van der Waals surface area contributed by atoms with E-state index in [1.54, 1.807) is 0 Å². The number of aromatic carboxylic acids is 1. The summed E-state index contributed by atoms with van der Waals surface area (Å²) in [6.07, 6.45) is 0. The van der Waals surface area contributed by atoms with Crippen LogP contribution in [0.25, 0.3) is 11.3 Å². The molecule has 0 saturated carbocycles. The fourth-order valence-electron chi connectivity index (χ4n) is 1.33. The molecule has 2 aromatic rings. The fraction of sp³-hybridized carbons (Fsp3) is 0. The maximum absolute atomic E-state index is 13.5. The van der Waals surface area contributed by atoms with E-state index in [0.717, 1.165) is 6.07 Å². The van der Waals surface area contributed by atoms with E-state index in [0.29, 0.717) is 6.07 Å². The first-order valence-corrected chi connectivity index (χ1v) is 5.22. The van der Waals surface area contributed by atoms with Gasteiger partial charge in [-0.3, -0.25) is 5.10 Å². The maximum Gasteiger partial charge on any atom is 0.355 e. The van der Waals surface area contributed by atoms with E-state index in [9.17, 15) is 13.6 Å². The minimum atomic E-state index is -1.22.